The van der Waals surface area contributed by atoms with Crippen molar-refractivity contribution in [2.24, 2.45) is 0 Å². The lowest BCUT2D eigenvalue weighted by Crippen LogP contribution is -2.16. The maximum atomic E-state index is 12.5. The zero-order valence-corrected chi connectivity index (χ0v) is 23.9. The normalized spacial score (nSPS) is 11.4. The van der Waals surface area contributed by atoms with Crippen molar-refractivity contribution in [2.45, 2.75) is 32.7 Å². The number of carboxylic acids is 2. The summed E-state index contributed by atoms with van der Waals surface area (Å²) in [6.07, 6.45) is -5.39. The second-order valence-corrected chi connectivity index (χ2v) is 10.1. The van der Waals surface area contributed by atoms with E-state index in [0.717, 1.165) is 12.1 Å². The maximum absolute atomic E-state index is 12.5. The van der Waals surface area contributed by atoms with Crippen molar-refractivity contribution in [1.82, 2.24) is 4.57 Å². The van der Waals surface area contributed by atoms with Gasteiger partial charge in [-0.3, -0.25) is 4.79 Å². The summed E-state index contributed by atoms with van der Waals surface area (Å²) >= 11 is 0. The number of hydrogen-bond donors (Lipinski definition) is 2. The Labute approximate surface area is 254 Å². The lowest BCUT2D eigenvalue weighted by atomic mass is 10.1. The second kappa shape index (κ2) is 12.5. The fraction of sp³-hybridized carbons (Fsp3) is 0.152. The van der Waals surface area contributed by atoms with Crippen molar-refractivity contribution in [2.75, 3.05) is 0 Å². The maximum Gasteiger partial charge on any atom is 0.573 e. The number of alkyl halides is 3. The summed E-state index contributed by atoms with van der Waals surface area (Å²) in [5.74, 6) is -0.840. The van der Waals surface area contributed by atoms with Gasteiger partial charge in [-0.25, -0.2) is 4.79 Å². The average molecular weight is 622 g/mol. The predicted molar refractivity (Wildman–Crippen MR) is 157 cm³/mol. The van der Waals surface area contributed by atoms with Crippen LogP contribution in [0.3, 0.4) is 0 Å². The molecule has 2 N–H and O–H groups in total. The molecule has 0 aliphatic rings. The summed E-state index contributed by atoms with van der Waals surface area (Å²) in [5.41, 5.74) is 0.760. The first-order valence-corrected chi connectivity index (χ1v) is 13.6. The van der Waals surface area contributed by atoms with Gasteiger partial charge < -0.3 is 33.7 Å². The molecular weight excluding hydrogens is 595 g/mol. The molecule has 1 heterocycles. The highest BCUT2D eigenvalue weighted by atomic mass is 19.4. The van der Waals surface area contributed by atoms with E-state index < -0.39 is 30.5 Å². The molecule has 0 spiro atoms. The molecule has 0 unspecified atom stereocenters. The molecule has 0 aliphatic heterocycles. The molecule has 5 aromatic rings. The van der Waals surface area contributed by atoms with E-state index in [-0.39, 0.29) is 28.5 Å². The van der Waals surface area contributed by atoms with Crippen LogP contribution in [0.5, 0.6) is 34.5 Å². The molecule has 5 rings (SSSR count). The SMILES string of the molecule is CC(C)Oc1ccc(Oc2ccc3c(c2)c(C(=O)O)c(CC(=O)O)n3-c2ccc(Oc3ccc(OC(F)(F)F)cc3)cc2)cc1. The number of benzene rings is 4. The van der Waals surface area contributed by atoms with Crippen molar-refractivity contribution >= 4 is 22.8 Å². The van der Waals surface area contributed by atoms with Gasteiger partial charge in [0.1, 0.15) is 34.5 Å². The van der Waals surface area contributed by atoms with Crippen LogP contribution in [0.1, 0.15) is 29.9 Å². The molecule has 0 aliphatic carbocycles. The van der Waals surface area contributed by atoms with E-state index in [2.05, 4.69) is 4.74 Å². The van der Waals surface area contributed by atoms with Gasteiger partial charge in [0.25, 0.3) is 0 Å². The van der Waals surface area contributed by atoms with Crippen LogP contribution >= 0.6 is 0 Å². The molecule has 0 fully saturated rings. The number of aliphatic carboxylic acids is 1. The number of nitrogens with zero attached hydrogens (tertiary/aromatic N) is 1. The molecule has 1 aromatic heterocycles. The van der Waals surface area contributed by atoms with E-state index in [0.29, 0.717) is 34.2 Å². The Morgan fingerprint density at radius 2 is 1.22 bits per heavy atom. The number of hydrogen-bond acceptors (Lipinski definition) is 6. The highest BCUT2D eigenvalue weighted by Gasteiger charge is 2.31. The number of aromatic nitrogens is 1. The molecule has 0 amide bonds. The molecular formula is C33H26F3NO8. The summed E-state index contributed by atoms with van der Waals surface area (Å²) in [7, 11) is 0. The molecule has 12 heteroatoms. The summed E-state index contributed by atoms with van der Waals surface area (Å²) < 4.78 is 60.0. The first-order chi connectivity index (χ1) is 21.4. The third kappa shape index (κ3) is 7.47. The zero-order valence-electron chi connectivity index (χ0n) is 23.9. The molecule has 45 heavy (non-hydrogen) atoms. The monoisotopic (exact) mass is 621 g/mol. The van der Waals surface area contributed by atoms with Crippen LogP contribution in [0.2, 0.25) is 0 Å². The van der Waals surface area contributed by atoms with E-state index in [9.17, 15) is 33.0 Å². The minimum absolute atomic E-state index is 0.00360. The van der Waals surface area contributed by atoms with Gasteiger partial charge in [-0.15, -0.1) is 13.2 Å². The van der Waals surface area contributed by atoms with Gasteiger partial charge in [0.05, 0.1) is 23.6 Å². The Balaban J connectivity index is 1.46. The first-order valence-electron chi connectivity index (χ1n) is 13.6. The molecule has 4 aromatic carbocycles. The van der Waals surface area contributed by atoms with Crippen LogP contribution < -0.4 is 18.9 Å². The van der Waals surface area contributed by atoms with Gasteiger partial charge in [-0.05, 0) is 105 Å². The van der Waals surface area contributed by atoms with Crippen LogP contribution in [-0.2, 0) is 11.2 Å². The van der Waals surface area contributed by atoms with E-state index >= 15 is 0 Å². The molecule has 9 nitrogen and oxygen atoms in total. The molecule has 0 bridgehead atoms. The van der Waals surface area contributed by atoms with Crippen molar-refractivity contribution in [3.05, 3.63) is 102 Å². The smallest absolute Gasteiger partial charge is 0.491 e. The average Bonchev–Trinajstić information content (AvgIpc) is 3.27. The minimum atomic E-state index is -4.81. The molecule has 0 atom stereocenters. The van der Waals surface area contributed by atoms with Crippen LogP contribution in [0, 0.1) is 0 Å². The third-order valence-corrected chi connectivity index (χ3v) is 6.39. The summed E-state index contributed by atoms with van der Waals surface area (Å²) in [4.78, 5) is 24.3. The van der Waals surface area contributed by atoms with Crippen molar-refractivity contribution in [3.8, 4) is 40.2 Å². The Hall–Kier alpha value is -5.65. The van der Waals surface area contributed by atoms with Crippen LogP contribution in [-0.4, -0.2) is 39.2 Å². The van der Waals surface area contributed by atoms with Crippen LogP contribution in [0.15, 0.2) is 91.0 Å². The number of fused-ring (bicyclic) bond motifs is 1. The van der Waals surface area contributed by atoms with E-state index in [1.54, 1.807) is 71.3 Å². The van der Waals surface area contributed by atoms with E-state index in [1.807, 2.05) is 13.8 Å². The van der Waals surface area contributed by atoms with E-state index in [1.165, 1.54) is 12.1 Å². The van der Waals surface area contributed by atoms with Gasteiger partial charge in [0, 0.05) is 16.8 Å². The van der Waals surface area contributed by atoms with E-state index in [4.69, 9.17) is 14.2 Å². The highest BCUT2D eigenvalue weighted by molar-refractivity contribution is 6.07. The highest BCUT2D eigenvalue weighted by Crippen LogP contribution is 2.36. The Kier molecular flexibility index (Phi) is 8.57. The van der Waals surface area contributed by atoms with Gasteiger partial charge in [0.2, 0.25) is 0 Å². The number of carbonyl (C=O) groups is 2. The Bertz CT molecular complexity index is 1830. The number of aromatic carboxylic acids is 1. The largest absolute Gasteiger partial charge is 0.573 e. The van der Waals surface area contributed by atoms with Gasteiger partial charge in [-0.2, -0.15) is 0 Å². The fourth-order valence-electron chi connectivity index (χ4n) is 4.73. The van der Waals surface area contributed by atoms with Gasteiger partial charge >= 0.3 is 18.3 Å². The molecule has 232 valence electrons. The number of halogens is 3. The number of ether oxygens (including phenoxy) is 4. The zero-order chi connectivity index (χ0) is 32.3. The van der Waals surface area contributed by atoms with Crippen molar-refractivity contribution in [1.29, 1.82) is 0 Å². The lowest BCUT2D eigenvalue weighted by Gasteiger charge is -2.13. The van der Waals surface area contributed by atoms with Crippen LogP contribution in [0.25, 0.3) is 16.6 Å². The summed E-state index contributed by atoms with van der Waals surface area (Å²) in [6, 6.07) is 23.0. The number of rotatable bonds is 11. The molecule has 0 saturated carbocycles. The van der Waals surface area contributed by atoms with Gasteiger partial charge in [0.15, 0.2) is 0 Å². The van der Waals surface area contributed by atoms with Crippen molar-refractivity contribution in [3.63, 3.8) is 0 Å². The summed E-state index contributed by atoms with van der Waals surface area (Å²) in [5, 5.41) is 20.1. The van der Waals surface area contributed by atoms with Crippen molar-refractivity contribution < 1.29 is 51.9 Å². The molecule has 0 saturated heterocycles. The second-order valence-electron chi connectivity index (χ2n) is 10.1. The van der Waals surface area contributed by atoms with Gasteiger partial charge in [-0.1, -0.05) is 0 Å². The number of carboxylic acid groups (broad SMARTS) is 2. The quantitative estimate of drug-likeness (QED) is 0.152. The van der Waals surface area contributed by atoms with Crippen LogP contribution in [0.4, 0.5) is 13.2 Å². The summed E-state index contributed by atoms with van der Waals surface area (Å²) in [6.45, 7) is 3.82. The predicted octanol–water partition coefficient (Wildman–Crippen LogP) is 8.23. The topological polar surface area (TPSA) is 116 Å². The molecule has 0 radical (unpaired) electrons. The Morgan fingerprint density at radius 1 is 0.733 bits per heavy atom. The fourth-order valence-corrected chi connectivity index (χ4v) is 4.73. The lowest BCUT2D eigenvalue weighted by molar-refractivity contribution is -0.274. The third-order valence-electron chi connectivity index (χ3n) is 6.39. The first kappa shape index (κ1) is 30.8. The standard InChI is InChI=1S/C33H26F3NO8/c1-19(2)42-21-7-9-24(10-8-21)44-26-15-16-28-27(17-26)31(32(40)41)29(18-30(38)39)37(28)20-3-5-22(6-4-20)43-23-11-13-25(14-12-23)45-33(34,35)36/h3-17,19H,18H2,1-2H3,(H,38,39)(H,40,41). The minimum Gasteiger partial charge on any atom is -0.491 e. The Morgan fingerprint density at radius 3 is 1.73 bits per heavy atom.